The van der Waals surface area contributed by atoms with Crippen molar-refractivity contribution < 1.29 is 9.18 Å². The van der Waals surface area contributed by atoms with Crippen LogP contribution in [0.5, 0.6) is 0 Å². The molecule has 0 N–H and O–H groups in total. The summed E-state index contributed by atoms with van der Waals surface area (Å²) in [5.74, 6) is -0.165. The highest BCUT2D eigenvalue weighted by Gasteiger charge is 2.37. The van der Waals surface area contributed by atoms with Crippen molar-refractivity contribution in [2.45, 2.75) is 32.9 Å². The van der Waals surface area contributed by atoms with Gasteiger partial charge < -0.3 is 0 Å². The van der Waals surface area contributed by atoms with E-state index in [1.54, 1.807) is 0 Å². The quantitative estimate of drug-likeness (QED) is 0.579. The topological polar surface area (TPSA) is 17.1 Å². The minimum absolute atomic E-state index is 0.00329. The molecule has 0 heterocycles. The Labute approximate surface area is 60.6 Å². The Kier molecular flexibility index (Phi) is 2.07. The Hall–Kier alpha value is -0.400. The first-order chi connectivity index (χ1) is 4.63. The number of ketones is 1. The van der Waals surface area contributed by atoms with Crippen LogP contribution in [0.15, 0.2) is 0 Å². The Balaban J connectivity index is 2.42. The third-order valence-electron chi connectivity index (χ3n) is 2.12. The molecule has 0 aromatic carbocycles. The normalized spacial score (nSPS) is 32.0. The molecule has 58 valence electrons. The molecule has 1 rings (SSSR count). The Morgan fingerprint density at radius 1 is 1.50 bits per heavy atom. The molecule has 0 aromatic rings. The van der Waals surface area contributed by atoms with Crippen LogP contribution in [0.1, 0.15) is 26.7 Å². The van der Waals surface area contributed by atoms with Gasteiger partial charge in [-0.2, -0.15) is 0 Å². The first-order valence-corrected chi connectivity index (χ1v) is 3.80. The molecular weight excluding hydrogens is 131 g/mol. The molecular formula is C8H13FO. The standard InChI is InChI=1S/C8H13FO/c1-5(2)8(10)6-3-4-7(6)9/h5-7H,3-4H2,1-2H3. The monoisotopic (exact) mass is 144 g/mol. The molecule has 1 aliphatic carbocycles. The van der Waals surface area contributed by atoms with Crippen LogP contribution in [0.4, 0.5) is 4.39 Å². The number of rotatable bonds is 2. The van der Waals surface area contributed by atoms with E-state index in [4.69, 9.17) is 0 Å². The van der Waals surface area contributed by atoms with E-state index in [0.717, 1.165) is 6.42 Å². The van der Waals surface area contributed by atoms with Crippen LogP contribution in [0.3, 0.4) is 0 Å². The smallest absolute Gasteiger partial charge is 0.141 e. The number of alkyl halides is 1. The molecule has 0 radical (unpaired) electrons. The Morgan fingerprint density at radius 2 is 2.10 bits per heavy atom. The lowest BCUT2D eigenvalue weighted by molar-refractivity contribution is -0.131. The van der Waals surface area contributed by atoms with Crippen LogP contribution < -0.4 is 0 Å². The summed E-state index contributed by atoms with van der Waals surface area (Å²) in [6, 6.07) is 0. The van der Waals surface area contributed by atoms with Crippen molar-refractivity contribution >= 4 is 5.78 Å². The second-order valence-electron chi connectivity index (χ2n) is 3.26. The molecule has 2 atom stereocenters. The molecule has 1 fully saturated rings. The van der Waals surface area contributed by atoms with E-state index >= 15 is 0 Å². The minimum Gasteiger partial charge on any atom is -0.299 e. The lowest BCUT2D eigenvalue weighted by atomic mass is 9.77. The van der Waals surface area contributed by atoms with Gasteiger partial charge in [-0.25, -0.2) is 4.39 Å². The zero-order chi connectivity index (χ0) is 7.72. The number of hydrogen-bond donors (Lipinski definition) is 0. The summed E-state index contributed by atoms with van der Waals surface area (Å²) in [5, 5.41) is 0. The third kappa shape index (κ3) is 1.20. The van der Waals surface area contributed by atoms with Gasteiger partial charge in [-0.15, -0.1) is 0 Å². The van der Waals surface area contributed by atoms with Gasteiger partial charge >= 0.3 is 0 Å². The summed E-state index contributed by atoms with van der Waals surface area (Å²) in [6.07, 6.45) is 0.510. The SMILES string of the molecule is CC(C)C(=O)C1CCC1F. The van der Waals surface area contributed by atoms with Crippen LogP contribution >= 0.6 is 0 Å². The average molecular weight is 144 g/mol. The van der Waals surface area contributed by atoms with Crippen molar-refractivity contribution in [2.75, 3.05) is 0 Å². The van der Waals surface area contributed by atoms with Crippen molar-refractivity contribution in [1.82, 2.24) is 0 Å². The molecule has 0 bridgehead atoms. The van der Waals surface area contributed by atoms with E-state index in [9.17, 15) is 9.18 Å². The molecule has 1 saturated carbocycles. The van der Waals surface area contributed by atoms with E-state index in [1.807, 2.05) is 13.8 Å². The van der Waals surface area contributed by atoms with E-state index in [1.165, 1.54) is 0 Å². The van der Waals surface area contributed by atoms with Gasteiger partial charge in [-0.05, 0) is 12.8 Å². The summed E-state index contributed by atoms with van der Waals surface area (Å²) in [7, 11) is 0. The van der Waals surface area contributed by atoms with Gasteiger partial charge in [0.15, 0.2) is 0 Å². The molecule has 2 heteroatoms. The predicted molar refractivity (Wildman–Crippen MR) is 37.5 cm³/mol. The van der Waals surface area contributed by atoms with Crippen molar-refractivity contribution in [1.29, 1.82) is 0 Å². The van der Waals surface area contributed by atoms with Crippen molar-refractivity contribution in [3.05, 3.63) is 0 Å². The van der Waals surface area contributed by atoms with Crippen LogP contribution in [-0.2, 0) is 4.79 Å². The summed E-state index contributed by atoms with van der Waals surface area (Å²) in [4.78, 5) is 11.1. The highest BCUT2D eigenvalue weighted by Crippen LogP contribution is 2.32. The number of halogens is 1. The molecule has 0 saturated heterocycles. The molecule has 0 aliphatic heterocycles. The van der Waals surface area contributed by atoms with Crippen LogP contribution in [-0.4, -0.2) is 12.0 Å². The van der Waals surface area contributed by atoms with Crippen LogP contribution in [0.25, 0.3) is 0 Å². The predicted octanol–water partition coefficient (Wildman–Crippen LogP) is 1.96. The number of carbonyl (C=O) groups excluding carboxylic acids is 1. The van der Waals surface area contributed by atoms with Crippen molar-refractivity contribution in [3.8, 4) is 0 Å². The summed E-state index contributed by atoms with van der Waals surface area (Å²) in [6.45, 7) is 3.65. The lowest BCUT2D eigenvalue weighted by Gasteiger charge is -2.30. The highest BCUT2D eigenvalue weighted by atomic mass is 19.1. The van der Waals surface area contributed by atoms with E-state index in [2.05, 4.69) is 0 Å². The number of hydrogen-bond acceptors (Lipinski definition) is 1. The van der Waals surface area contributed by atoms with Gasteiger partial charge in [0.2, 0.25) is 0 Å². The minimum atomic E-state index is -0.838. The van der Waals surface area contributed by atoms with Gasteiger partial charge in [0.1, 0.15) is 12.0 Å². The molecule has 10 heavy (non-hydrogen) atoms. The van der Waals surface area contributed by atoms with E-state index < -0.39 is 6.17 Å². The molecule has 0 spiro atoms. The third-order valence-corrected chi connectivity index (χ3v) is 2.12. The number of carbonyl (C=O) groups is 1. The van der Waals surface area contributed by atoms with Crippen molar-refractivity contribution in [3.63, 3.8) is 0 Å². The maximum atomic E-state index is 12.6. The fraction of sp³-hybridized carbons (Fsp3) is 0.875. The number of Topliss-reactive ketones (excluding diaryl/α,β-unsaturated/α-hetero) is 1. The van der Waals surface area contributed by atoms with Gasteiger partial charge in [-0.1, -0.05) is 13.8 Å². The highest BCUT2D eigenvalue weighted by molar-refractivity contribution is 5.84. The Morgan fingerprint density at radius 3 is 2.20 bits per heavy atom. The average Bonchev–Trinajstić information content (AvgIpc) is 1.84. The molecule has 0 aromatic heterocycles. The second kappa shape index (κ2) is 2.69. The first kappa shape index (κ1) is 7.70. The van der Waals surface area contributed by atoms with E-state index in [0.29, 0.717) is 6.42 Å². The zero-order valence-electron chi connectivity index (χ0n) is 6.43. The fourth-order valence-electron chi connectivity index (χ4n) is 1.21. The van der Waals surface area contributed by atoms with Crippen LogP contribution in [0, 0.1) is 11.8 Å². The van der Waals surface area contributed by atoms with E-state index in [-0.39, 0.29) is 17.6 Å². The van der Waals surface area contributed by atoms with Gasteiger partial charge in [0, 0.05) is 11.8 Å². The van der Waals surface area contributed by atoms with Crippen molar-refractivity contribution in [2.24, 2.45) is 11.8 Å². The second-order valence-corrected chi connectivity index (χ2v) is 3.26. The largest absolute Gasteiger partial charge is 0.299 e. The summed E-state index contributed by atoms with van der Waals surface area (Å²) < 4.78 is 12.6. The fourth-order valence-corrected chi connectivity index (χ4v) is 1.21. The van der Waals surface area contributed by atoms with Gasteiger partial charge in [-0.3, -0.25) is 4.79 Å². The lowest BCUT2D eigenvalue weighted by Crippen LogP contribution is -2.36. The molecule has 0 amide bonds. The summed E-state index contributed by atoms with van der Waals surface area (Å²) >= 11 is 0. The maximum absolute atomic E-state index is 12.6. The zero-order valence-corrected chi connectivity index (χ0v) is 6.43. The Bertz CT molecular complexity index is 142. The first-order valence-electron chi connectivity index (χ1n) is 3.80. The molecule has 1 nitrogen and oxygen atoms in total. The van der Waals surface area contributed by atoms with Gasteiger partial charge in [0.25, 0.3) is 0 Å². The van der Waals surface area contributed by atoms with Gasteiger partial charge in [0.05, 0.1) is 0 Å². The molecule has 2 unspecified atom stereocenters. The summed E-state index contributed by atoms with van der Waals surface area (Å²) in [5.41, 5.74) is 0. The molecule has 1 aliphatic rings. The van der Waals surface area contributed by atoms with Crippen LogP contribution in [0.2, 0.25) is 0 Å². The maximum Gasteiger partial charge on any atom is 0.141 e.